The lowest BCUT2D eigenvalue weighted by molar-refractivity contribution is -0.124. The summed E-state index contributed by atoms with van der Waals surface area (Å²) in [5.41, 5.74) is 2.67. The maximum Gasteiger partial charge on any atom is 0.407 e. The Hall–Kier alpha value is -4.75. The second-order valence-electron chi connectivity index (χ2n) is 13.2. The number of carbonyl (C=O) groups is 3. The number of thiazole rings is 1. The maximum absolute atomic E-state index is 13.9. The second-order valence-corrected chi connectivity index (χ2v) is 14.1. The minimum atomic E-state index is -1.08. The van der Waals surface area contributed by atoms with Gasteiger partial charge in [0.1, 0.15) is 6.04 Å². The molecule has 0 radical (unpaired) electrons. The highest BCUT2D eigenvalue weighted by Gasteiger charge is 2.31. The summed E-state index contributed by atoms with van der Waals surface area (Å²) >= 11 is 1.57. The molecule has 0 aliphatic carbocycles. The molecule has 51 heavy (non-hydrogen) atoms. The van der Waals surface area contributed by atoms with Gasteiger partial charge in [0.2, 0.25) is 5.91 Å². The Kier molecular flexibility index (Phi) is 15.0. The van der Waals surface area contributed by atoms with Crippen molar-refractivity contribution in [1.82, 2.24) is 30.8 Å². The Balaban J connectivity index is 1.48. The summed E-state index contributed by atoms with van der Waals surface area (Å²) in [5.74, 6) is 0.0891. The molecule has 0 bridgehead atoms. The highest BCUT2D eigenvalue weighted by molar-refractivity contribution is 7.09. The molecule has 4 rings (SSSR count). The number of benzene rings is 2. The first kappa shape index (κ1) is 39.0. The Morgan fingerprint density at radius 1 is 0.941 bits per heavy atom. The molecule has 12 nitrogen and oxygen atoms in total. The van der Waals surface area contributed by atoms with Gasteiger partial charge in [-0.2, -0.15) is 0 Å². The predicted molar refractivity (Wildman–Crippen MR) is 196 cm³/mol. The fourth-order valence-electron chi connectivity index (χ4n) is 5.58. The van der Waals surface area contributed by atoms with Crippen molar-refractivity contribution in [3.05, 3.63) is 106 Å². The van der Waals surface area contributed by atoms with Gasteiger partial charge in [0.25, 0.3) is 0 Å². The number of hydrogen-bond acceptors (Lipinski definition) is 9. The average Bonchev–Trinajstić information content (AvgIpc) is 3.82. The third-order valence-corrected chi connectivity index (χ3v) is 9.60. The number of urea groups is 1. The molecule has 0 unspecified atom stereocenters. The van der Waals surface area contributed by atoms with Gasteiger partial charge in [-0.05, 0) is 43.2 Å². The van der Waals surface area contributed by atoms with Crippen LogP contribution in [0.25, 0.3) is 0 Å². The normalized spacial score (nSPS) is 13.6. The van der Waals surface area contributed by atoms with Crippen LogP contribution < -0.4 is 16.0 Å². The number of oxazole rings is 1. The van der Waals surface area contributed by atoms with Crippen LogP contribution in [0.15, 0.2) is 83.1 Å². The summed E-state index contributed by atoms with van der Waals surface area (Å²) in [4.78, 5) is 50.4. The van der Waals surface area contributed by atoms with Crippen LogP contribution in [0.3, 0.4) is 0 Å². The zero-order valence-electron chi connectivity index (χ0n) is 30.0. The number of aliphatic hydroxyl groups excluding tert-OH is 1. The number of aliphatic hydroxyl groups is 1. The van der Waals surface area contributed by atoms with Crippen molar-refractivity contribution in [2.45, 2.75) is 97.2 Å². The van der Waals surface area contributed by atoms with E-state index in [-0.39, 0.29) is 30.9 Å². The quantitative estimate of drug-likeness (QED) is 0.100. The first-order valence-corrected chi connectivity index (χ1v) is 18.3. The van der Waals surface area contributed by atoms with E-state index in [0.29, 0.717) is 37.6 Å². The molecule has 4 amide bonds. The van der Waals surface area contributed by atoms with E-state index in [1.54, 1.807) is 16.2 Å². The van der Waals surface area contributed by atoms with Crippen molar-refractivity contribution in [1.29, 1.82) is 0 Å². The Morgan fingerprint density at radius 3 is 2.18 bits per heavy atom. The third kappa shape index (κ3) is 12.5. The molecule has 0 aliphatic rings. The van der Waals surface area contributed by atoms with Gasteiger partial charge in [0.15, 0.2) is 18.8 Å². The molecule has 274 valence electrons. The zero-order valence-corrected chi connectivity index (χ0v) is 30.8. The lowest BCUT2D eigenvalue weighted by atomic mass is 9.93. The monoisotopic (exact) mass is 718 g/mol. The Morgan fingerprint density at radius 2 is 1.61 bits per heavy atom. The number of hydrogen-bond donors (Lipinski definition) is 4. The number of alkyl carbamates (subject to hydrolysis) is 1. The number of amides is 4. The molecule has 2 aromatic heterocycles. The van der Waals surface area contributed by atoms with Crippen molar-refractivity contribution >= 4 is 29.4 Å². The lowest BCUT2D eigenvalue weighted by Gasteiger charge is -2.31. The highest BCUT2D eigenvalue weighted by atomic mass is 32.1. The minimum absolute atomic E-state index is 0.113. The summed E-state index contributed by atoms with van der Waals surface area (Å²) in [6, 6.07) is 16.7. The molecule has 0 saturated carbocycles. The average molecular weight is 719 g/mol. The van der Waals surface area contributed by atoms with Gasteiger partial charge in [-0.25, -0.2) is 19.6 Å². The third-order valence-electron chi connectivity index (χ3n) is 8.41. The summed E-state index contributed by atoms with van der Waals surface area (Å²) in [5, 5.41) is 23.5. The summed E-state index contributed by atoms with van der Waals surface area (Å²) in [7, 11) is 0. The van der Waals surface area contributed by atoms with Crippen molar-refractivity contribution in [3.8, 4) is 0 Å². The molecule has 13 heteroatoms. The number of carbonyl (C=O) groups excluding carboxylic acids is 3. The van der Waals surface area contributed by atoms with Crippen LogP contribution in [-0.2, 0) is 35.5 Å². The summed E-state index contributed by atoms with van der Waals surface area (Å²) < 4.78 is 10.5. The molecule has 0 fully saturated rings. The molecule has 0 aliphatic heterocycles. The van der Waals surface area contributed by atoms with Crippen LogP contribution in [0.2, 0.25) is 0 Å². The van der Waals surface area contributed by atoms with E-state index in [0.717, 1.165) is 21.8 Å². The van der Waals surface area contributed by atoms with Crippen LogP contribution in [0.1, 0.15) is 74.5 Å². The number of nitrogens with one attached hydrogen (secondary N) is 3. The van der Waals surface area contributed by atoms with E-state index in [4.69, 9.17) is 9.15 Å². The Labute approximate surface area is 304 Å². The number of nitrogens with zero attached hydrogens (tertiary/aromatic N) is 3. The second kappa shape index (κ2) is 19.6. The predicted octanol–water partition coefficient (Wildman–Crippen LogP) is 5.83. The SMILES string of the molecule is CCN(Cc1csc(C(C)C)n1)C(=O)N[C@H](C(=O)N[C@@H](Cc1ccccc1)C[C@H](O)[C@H](Cc1ccccc1)NC(=O)OCc1cnco1)C(C)C. The summed E-state index contributed by atoms with van der Waals surface area (Å²) in [6.07, 6.45) is 1.75. The minimum Gasteiger partial charge on any atom is -0.445 e. The molecular weight excluding hydrogens is 669 g/mol. The van der Waals surface area contributed by atoms with E-state index in [2.05, 4.69) is 39.8 Å². The van der Waals surface area contributed by atoms with Crippen LogP contribution in [0.4, 0.5) is 9.59 Å². The standard InChI is InChI=1S/C38H50N6O6S/c1-6-44(21-30-23-51-36(41-30)26(4)5)37(47)43-34(25(2)3)35(46)40-29(17-27-13-9-7-10-14-27)19-33(45)32(18-28-15-11-8-12-16-28)42-38(48)49-22-31-20-39-24-50-31/h7-16,20,23-26,29,32-34,45H,6,17-19,21-22H2,1-5H3,(H,40,46)(H,42,48)(H,43,47)/t29-,32-,33-,34-/m0/s1. The maximum atomic E-state index is 13.9. The molecule has 4 N–H and O–H groups in total. The van der Waals surface area contributed by atoms with Crippen LogP contribution in [0, 0.1) is 5.92 Å². The molecule has 0 saturated heterocycles. The molecule has 2 heterocycles. The number of aromatic nitrogens is 2. The highest BCUT2D eigenvalue weighted by Crippen LogP contribution is 2.20. The van der Waals surface area contributed by atoms with Gasteiger partial charge in [0.05, 0.1) is 35.6 Å². The molecular formula is C38H50N6O6S. The van der Waals surface area contributed by atoms with Crippen molar-refractivity contribution in [3.63, 3.8) is 0 Å². The van der Waals surface area contributed by atoms with Gasteiger partial charge in [-0.1, -0.05) is 88.4 Å². The lowest BCUT2D eigenvalue weighted by Crippen LogP contribution is -2.56. The molecule has 4 atom stereocenters. The number of ether oxygens (including phenoxy) is 1. The van der Waals surface area contributed by atoms with Gasteiger partial charge in [-0.15, -0.1) is 11.3 Å². The molecule has 4 aromatic rings. The first-order valence-electron chi connectivity index (χ1n) is 17.4. The van der Waals surface area contributed by atoms with E-state index >= 15 is 0 Å². The number of rotatable bonds is 18. The van der Waals surface area contributed by atoms with Crippen LogP contribution >= 0.6 is 11.3 Å². The first-order chi connectivity index (χ1) is 24.5. The fourth-order valence-corrected chi connectivity index (χ4v) is 6.40. The van der Waals surface area contributed by atoms with E-state index in [1.807, 2.05) is 86.8 Å². The van der Waals surface area contributed by atoms with Crippen molar-refractivity contribution in [2.75, 3.05) is 6.54 Å². The Bertz CT molecular complexity index is 1630. The van der Waals surface area contributed by atoms with Gasteiger partial charge < -0.3 is 35.1 Å². The van der Waals surface area contributed by atoms with Crippen molar-refractivity contribution in [2.24, 2.45) is 5.92 Å². The van der Waals surface area contributed by atoms with Gasteiger partial charge in [0, 0.05) is 23.9 Å². The molecule has 2 aromatic carbocycles. The van der Waals surface area contributed by atoms with Crippen molar-refractivity contribution < 1.29 is 28.6 Å². The van der Waals surface area contributed by atoms with Gasteiger partial charge >= 0.3 is 12.1 Å². The van der Waals surface area contributed by atoms with E-state index in [9.17, 15) is 19.5 Å². The largest absolute Gasteiger partial charge is 0.445 e. The van der Waals surface area contributed by atoms with Gasteiger partial charge in [-0.3, -0.25) is 4.79 Å². The molecule has 0 spiro atoms. The fraction of sp³-hybridized carbons (Fsp3) is 0.447. The van der Waals surface area contributed by atoms with E-state index in [1.165, 1.54) is 12.6 Å². The van der Waals surface area contributed by atoms with Crippen LogP contribution in [0.5, 0.6) is 0 Å². The van der Waals surface area contributed by atoms with Crippen LogP contribution in [-0.4, -0.2) is 68.8 Å². The van der Waals surface area contributed by atoms with E-state index < -0.39 is 30.3 Å². The summed E-state index contributed by atoms with van der Waals surface area (Å²) in [6.45, 7) is 10.5. The zero-order chi connectivity index (χ0) is 36.8. The topological polar surface area (TPSA) is 159 Å². The smallest absolute Gasteiger partial charge is 0.407 e.